The van der Waals surface area contributed by atoms with Crippen molar-refractivity contribution in [1.82, 2.24) is 0 Å². The lowest BCUT2D eigenvalue weighted by atomic mass is 10.1. The second-order valence-corrected chi connectivity index (χ2v) is 6.28. The average Bonchev–Trinajstić information content (AvgIpc) is 3.01. The molecule has 0 bridgehead atoms. The zero-order valence-electron chi connectivity index (χ0n) is 13.9. The number of methoxy groups -OCH3 is 1. The smallest absolute Gasteiger partial charge is 0.343 e. The van der Waals surface area contributed by atoms with E-state index in [-0.39, 0.29) is 6.61 Å². The minimum atomic E-state index is -0.410. The zero-order chi connectivity index (χ0) is 18.5. The molecule has 0 aromatic heterocycles. The van der Waals surface area contributed by atoms with Gasteiger partial charge in [0, 0.05) is 10.0 Å². The number of benzene rings is 2. The lowest BCUT2D eigenvalue weighted by Crippen LogP contribution is -1.98. The van der Waals surface area contributed by atoms with Crippen LogP contribution in [0.2, 0.25) is 0 Å². The van der Waals surface area contributed by atoms with Crippen LogP contribution in [0.4, 0.5) is 0 Å². The third-order valence-electron chi connectivity index (χ3n) is 3.66. The molecule has 0 N–H and O–H groups in total. The first-order chi connectivity index (χ1) is 12.6. The van der Waals surface area contributed by atoms with Crippen LogP contribution in [0.5, 0.6) is 11.5 Å². The first kappa shape index (κ1) is 17.8. The van der Waals surface area contributed by atoms with Crippen LogP contribution in [-0.2, 0) is 9.53 Å². The van der Waals surface area contributed by atoms with Crippen LogP contribution in [0.25, 0.3) is 11.8 Å². The van der Waals surface area contributed by atoms with E-state index in [1.165, 1.54) is 7.11 Å². The molecule has 0 amide bonds. The molecule has 0 unspecified atom stereocenters. The van der Waals surface area contributed by atoms with Gasteiger partial charge in [-0.05, 0) is 42.0 Å². The largest absolute Gasteiger partial charge is 0.493 e. The lowest BCUT2D eigenvalue weighted by molar-refractivity contribution is -0.130. The summed E-state index contributed by atoms with van der Waals surface area (Å²) in [6.45, 7) is -0.0671. The number of halogens is 1. The van der Waals surface area contributed by atoms with Crippen molar-refractivity contribution < 1.29 is 19.0 Å². The Kier molecular flexibility index (Phi) is 5.40. The number of nitriles is 1. The molecule has 0 aliphatic carbocycles. The van der Waals surface area contributed by atoms with E-state index in [0.717, 1.165) is 15.6 Å². The molecule has 3 rings (SSSR count). The summed E-state index contributed by atoms with van der Waals surface area (Å²) in [4.78, 5) is 12.1. The third kappa shape index (κ3) is 3.95. The molecule has 6 heteroatoms. The summed E-state index contributed by atoms with van der Waals surface area (Å²) in [5.74, 6) is 1.05. The van der Waals surface area contributed by atoms with E-state index >= 15 is 0 Å². The number of ether oxygens (including phenoxy) is 3. The predicted molar refractivity (Wildman–Crippen MR) is 100 cm³/mol. The van der Waals surface area contributed by atoms with Crippen LogP contribution in [-0.4, -0.2) is 19.7 Å². The van der Waals surface area contributed by atoms with E-state index in [2.05, 4.69) is 15.9 Å². The number of cyclic esters (lactones) is 1. The first-order valence-corrected chi connectivity index (χ1v) is 8.49. The Labute approximate surface area is 159 Å². The Morgan fingerprint density at radius 2 is 1.96 bits per heavy atom. The highest BCUT2D eigenvalue weighted by Gasteiger charge is 2.22. The molecule has 0 spiro atoms. The van der Waals surface area contributed by atoms with Gasteiger partial charge in [0.25, 0.3) is 0 Å². The number of hydrogen-bond donors (Lipinski definition) is 0. The minimum absolute atomic E-state index is 0.0671. The average molecular weight is 412 g/mol. The van der Waals surface area contributed by atoms with E-state index in [0.29, 0.717) is 22.8 Å². The van der Waals surface area contributed by atoms with E-state index in [1.54, 1.807) is 30.4 Å². The SMILES string of the molecule is COc1cc(/C=C2\C=C(c3ccc(Br)cc3)OC2=O)ccc1OCC#N. The van der Waals surface area contributed by atoms with Gasteiger partial charge in [-0.15, -0.1) is 0 Å². The summed E-state index contributed by atoms with van der Waals surface area (Å²) in [7, 11) is 1.51. The molecule has 2 aromatic carbocycles. The fourth-order valence-electron chi connectivity index (χ4n) is 2.43. The molecular formula is C20H14BrNO4. The fourth-order valence-corrected chi connectivity index (χ4v) is 2.69. The highest BCUT2D eigenvalue weighted by molar-refractivity contribution is 9.10. The van der Waals surface area contributed by atoms with Gasteiger partial charge in [0.15, 0.2) is 18.1 Å². The van der Waals surface area contributed by atoms with Crippen molar-refractivity contribution in [2.75, 3.05) is 13.7 Å². The normalized spacial score (nSPS) is 14.6. The highest BCUT2D eigenvalue weighted by atomic mass is 79.9. The highest BCUT2D eigenvalue weighted by Crippen LogP contribution is 2.31. The summed E-state index contributed by atoms with van der Waals surface area (Å²) < 4.78 is 16.9. The molecule has 2 aromatic rings. The number of carbonyl (C=O) groups is 1. The van der Waals surface area contributed by atoms with Crippen molar-refractivity contribution in [3.63, 3.8) is 0 Å². The molecule has 0 fully saturated rings. The maximum absolute atomic E-state index is 12.1. The van der Waals surface area contributed by atoms with Crippen molar-refractivity contribution in [3.8, 4) is 17.6 Å². The van der Waals surface area contributed by atoms with Crippen molar-refractivity contribution in [2.45, 2.75) is 0 Å². The minimum Gasteiger partial charge on any atom is -0.493 e. The first-order valence-electron chi connectivity index (χ1n) is 7.70. The van der Waals surface area contributed by atoms with Crippen LogP contribution >= 0.6 is 15.9 Å². The standard InChI is InChI=1S/C20H14BrNO4/c1-24-19-11-13(2-7-17(19)25-9-8-22)10-15-12-18(26-20(15)23)14-3-5-16(21)6-4-14/h2-7,10-12H,9H2,1H3/b15-10+. The number of carbonyl (C=O) groups excluding carboxylic acids is 1. The van der Waals surface area contributed by atoms with Gasteiger partial charge in [0.1, 0.15) is 11.8 Å². The van der Waals surface area contributed by atoms with Crippen molar-refractivity contribution in [3.05, 3.63) is 69.7 Å². The molecule has 0 saturated heterocycles. The monoisotopic (exact) mass is 411 g/mol. The van der Waals surface area contributed by atoms with E-state index < -0.39 is 5.97 Å². The summed E-state index contributed by atoms with van der Waals surface area (Å²) in [5, 5.41) is 8.61. The van der Waals surface area contributed by atoms with Crippen molar-refractivity contribution in [2.24, 2.45) is 0 Å². The lowest BCUT2D eigenvalue weighted by Gasteiger charge is -2.08. The molecule has 130 valence electrons. The van der Waals surface area contributed by atoms with Gasteiger partial charge >= 0.3 is 5.97 Å². The molecule has 1 heterocycles. The maximum Gasteiger partial charge on any atom is 0.343 e. The van der Waals surface area contributed by atoms with Crippen LogP contribution < -0.4 is 9.47 Å². The quantitative estimate of drug-likeness (QED) is 0.540. The second-order valence-electron chi connectivity index (χ2n) is 5.36. The molecule has 0 radical (unpaired) electrons. The summed E-state index contributed by atoms with van der Waals surface area (Å²) in [6, 6.07) is 14.6. The Morgan fingerprint density at radius 1 is 1.19 bits per heavy atom. The van der Waals surface area contributed by atoms with Gasteiger partial charge in [-0.1, -0.05) is 34.1 Å². The molecule has 26 heavy (non-hydrogen) atoms. The summed E-state index contributed by atoms with van der Waals surface area (Å²) >= 11 is 3.38. The Morgan fingerprint density at radius 3 is 2.65 bits per heavy atom. The maximum atomic E-state index is 12.1. The second kappa shape index (κ2) is 7.89. The number of rotatable bonds is 5. The van der Waals surface area contributed by atoms with Crippen LogP contribution in [0, 0.1) is 11.3 Å². The van der Waals surface area contributed by atoms with E-state index in [9.17, 15) is 4.79 Å². The predicted octanol–water partition coefficient (Wildman–Crippen LogP) is 4.34. The van der Waals surface area contributed by atoms with Gasteiger partial charge in [-0.25, -0.2) is 4.79 Å². The summed E-state index contributed by atoms with van der Waals surface area (Å²) in [6.07, 6.45) is 3.42. The Bertz CT molecular complexity index is 939. The topological polar surface area (TPSA) is 68.6 Å². The molecule has 1 aliphatic rings. The Hall–Kier alpha value is -3.04. The number of hydrogen-bond acceptors (Lipinski definition) is 5. The van der Waals surface area contributed by atoms with Gasteiger partial charge in [-0.3, -0.25) is 0 Å². The van der Waals surface area contributed by atoms with Gasteiger partial charge < -0.3 is 14.2 Å². The molecule has 0 saturated carbocycles. The van der Waals surface area contributed by atoms with Crippen LogP contribution in [0.15, 0.2) is 58.6 Å². The zero-order valence-corrected chi connectivity index (χ0v) is 15.4. The van der Waals surface area contributed by atoms with Crippen LogP contribution in [0.3, 0.4) is 0 Å². The van der Waals surface area contributed by atoms with Gasteiger partial charge in [-0.2, -0.15) is 5.26 Å². The number of nitrogens with zero attached hydrogens (tertiary/aromatic N) is 1. The van der Waals surface area contributed by atoms with Gasteiger partial charge in [0.05, 0.1) is 12.7 Å². The Balaban J connectivity index is 1.88. The van der Waals surface area contributed by atoms with Gasteiger partial charge in [0.2, 0.25) is 0 Å². The molecular weight excluding hydrogens is 398 g/mol. The number of esters is 1. The third-order valence-corrected chi connectivity index (χ3v) is 4.18. The van der Waals surface area contributed by atoms with E-state index in [1.807, 2.05) is 30.3 Å². The van der Waals surface area contributed by atoms with Crippen molar-refractivity contribution >= 4 is 33.7 Å². The van der Waals surface area contributed by atoms with Crippen molar-refractivity contribution in [1.29, 1.82) is 5.26 Å². The molecule has 1 aliphatic heterocycles. The fraction of sp³-hybridized carbons (Fsp3) is 0.100. The van der Waals surface area contributed by atoms with E-state index in [4.69, 9.17) is 19.5 Å². The molecule has 5 nitrogen and oxygen atoms in total. The molecule has 0 atom stereocenters. The van der Waals surface area contributed by atoms with Crippen LogP contribution in [0.1, 0.15) is 11.1 Å². The summed E-state index contributed by atoms with van der Waals surface area (Å²) in [5.41, 5.74) is 2.02.